The molecule has 0 spiro atoms. The monoisotopic (exact) mass is 273 g/mol. The van der Waals surface area contributed by atoms with E-state index < -0.39 is 5.69 Å². The number of nitrogens with one attached hydrogen (secondary N) is 1. The molecule has 5 nitrogen and oxygen atoms in total. The first-order valence-corrected chi connectivity index (χ1v) is 6.53. The summed E-state index contributed by atoms with van der Waals surface area (Å²) in [6.07, 6.45) is 0. The van der Waals surface area contributed by atoms with Crippen molar-refractivity contribution in [1.82, 2.24) is 14.5 Å². The summed E-state index contributed by atoms with van der Waals surface area (Å²) in [5, 5.41) is 0.122. The first kappa shape index (κ1) is 15.0. The quantitative estimate of drug-likeness (QED) is 0.825. The molecule has 0 aliphatic carbocycles. The number of hydrogen-bond donors (Lipinski definition) is 1. The van der Waals surface area contributed by atoms with Crippen LogP contribution < -0.4 is 11.2 Å². The second-order valence-corrected chi connectivity index (χ2v) is 4.76. The van der Waals surface area contributed by atoms with Crippen LogP contribution in [0.25, 0.3) is 0 Å². The molecule has 1 heterocycles. The van der Waals surface area contributed by atoms with Gasteiger partial charge in [-0.3, -0.25) is 14.3 Å². The van der Waals surface area contributed by atoms with Crippen LogP contribution in [0.1, 0.15) is 32.4 Å². The summed E-state index contributed by atoms with van der Waals surface area (Å²) in [5.41, 5.74) is -0.388. The Bertz CT molecular complexity index is 517. The van der Waals surface area contributed by atoms with Gasteiger partial charge in [-0.2, -0.15) is 0 Å². The zero-order valence-electron chi connectivity index (χ0n) is 11.3. The van der Waals surface area contributed by atoms with E-state index in [4.69, 9.17) is 11.6 Å². The molecule has 0 saturated heterocycles. The van der Waals surface area contributed by atoms with Crippen molar-refractivity contribution in [2.45, 2.75) is 33.7 Å². The van der Waals surface area contributed by atoms with E-state index in [1.54, 1.807) is 6.92 Å². The second kappa shape index (κ2) is 6.20. The smallest absolute Gasteiger partial charge is 0.302 e. The van der Waals surface area contributed by atoms with Crippen LogP contribution in [0.15, 0.2) is 9.59 Å². The number of hydrogen-bond acceptors (Lipinski definition) is 3. The lowest BCUT2D eigenvalue weighted by Crippen LogP contribution is -2.42. The van der Waals surface area contributed by atoms with E-state index in [0.717, 1.165) is 13.1 Å². The van der Waals surface area contributed by atoms with Crippen LogP contribution in [-0.4, -0.2) is 34.1 Å². The van der Waals surface area contributed by atoms with Crippen LogP contribution >= 0.6 is 11.6 Å². The number of aromatic amines is 1. The summed E-state index contributed by atoms with van der Waals surface area (Å²) in [7, 11) is 0. The van der Waals surface area contributed by atoms with Gasteiger partial charge in [0.1, 0.15) is 5.15 Å². The maximum Gasteiger partial charge on any atom is 0.329 e. The van der Waals surface area contributed by atoms with E-state index in [2.05, 4.69) is 23.7 Å². The zero-order chi connectivity index (χ0) is 13.9. The second-order valence-electron chi connectivity index (χ2n) is 4.38. The number of H-pyrrole nitrogens is 1. The fourth-order valence-corrected chi connectivity index (χ4v) is 2.11. The van der Waals surface area contributed by atoms with Gasteiger partial charge in [0.15, 0.2) is 0 Å². The summed E-state index contributed by atoms with van der Waals surface area (Å²) in [6.45, 7) is 10.0. The average Bonchev–Trinajstić information content (AvgIpc) is 2.33. The maximum atomic E-state index is 12.0. The third-order valence-corrected chi connectivity index (χ3v) is 3.54. The fraction of sp³-hybridized carbons (Fsp3) is 0.667. The Morgan fingerprint density at radius 3 is 2.39 bits per heavy atom. The molecular formula is C12H20ClN3O2. The van der Waals surface area contributed by atoms with E-state index in [-0.39, 0.29) is 16.8 Å². The Morgan fingerprint density at radius 2 is 1.89 bits per heavy atom. The molecular weight excluding hydrogens is 254 g/mol. The van der Waals surface area contributed by atoms with Gasteiger partial charge < -0.3 is 4.90 Å². The van der Waals surface area contributed by atoms with Gasteiger partial charge in [0.2, 0.25) is 0 Å². The van der Waals surface area contributed by atoms with Gasteiger partial charge in [-0.05, 0) is 26.9 Å². The molecule has 0 fully saturated rings. The molecule has 0 aliphatic rings. The third-order valence-electron chi connectivity index (χ3n) is 3.16. The highest BCUT2D eigenvalue weighted by Crippen LogP contribution is 2.07. The highest BCUT2D eigenvalue weighted by atomic mass is 35.5. The van der Waals surface area contributed by atoms with Crippen molar-refractivity contribution in [1.29, 1.82) is 0 Å². The standard InChI is InChI=1S/C12H20ClN3O2/c1-5-15(6-2)7-8(3)16-11(17)9(4)10(13)14-12(16)18/h8H,5-7H2,1-4H3,(H,14,18). The molecule has 0 amide bonds. The molecule has 0 aliphatic heterocycles. The Labute approximate surface area is 111 Å². The lowest BCUT2D eigenvalue weighted by atomic mass is 10.2. The zero-order valence-corrected chi connectivity index (χ0v) is 12.0. The van der Waals surface area contributed by atoms with Gasteiger partial charge in [0.25, 0.3) is 5.56 Å². The van der Waals surface area contributed by atoms with E-state index in [1.165, 1.54) is 4.57 Å². The average molecular weight is 274 g/mol. The van der Waals surface area contributed by atoms with Crippen molar-refractivity contribution < 1.29 is 0 Å². The molecule has 1 aromatic rings. The van der Waals surface area contributed by atoms with Gasteiger partial charge in [0.05, 0.1) is 6.04 Å². The highest BCUT2D eigenvalue weighted by Gasteiger charge is 2.16. The molecule has 1 N–H and O–H groups in total. The van der Waals surface area contributed by atoms with Gasteiger partial charge in [-0.15, -0.1) is 0 Å². The van der Waals surface area contributed by atoms with E-state index >= 15 is 0 Å². The van der Waals surface area contributed by atoms with Crippen molar-refractivity contribution in [3.63, 3.8) is 0 Å². The first-order valence-electron chi connectivity index (χ1n) is 6.15. The fourth-order valence-electron chi connectivity index (χ4n) is 1.95. The molecule has 0 aromatic carbocycles. The molecule has 1 unspecified atom stereocenters. The minimum absolute atomic E-state index is 0.122. The molecule has 6 heteroatoms. The van der Waals surface area contributed by atoms with Crippen LogP contribution in [-0.2, 0) is 0 Å². The summed E-state index contributed by atoms with van der Waals surface area (Å²) in [4.78, 5) is 28.5. The Kier molecular flexibility index (Phi) is 5.16. The van der Waals surface area contributed by atoms with Crippen molar-refractivity contribution in [2.24, 2.45) is 0 Å². The molecule has 1 atom stereocenters. The van der Waals surface area contributed by atoms with Gasteiger partial charge in [0, 0.05) is 12.1 Å². The summed E-state index contributed by atoms with van der Waals surface area (Å²) >= 11 is 5.78. The lowest BCUT2D eigenvalue weighted by Gasteiger charge is -2.23. The number of nitrogens with zero attached hydrogens (tertiary/aromatic N) is 2. The van der Waals surface area contributed by atoms with Crippen molar-refractivity contribution in [2.75, 3.05) is 19.6 Å². The minimum atomic E-state index is -0.449. The highest BCUT2D eigenvalue weighted by molar-refractivity contribution is 6.30. The molecule has 18 heavy (non-hydrogen) atoms. The van der Waals surface area contributed by atoms with Gasteiger partial charge in [-0.25, -0.2) is 4.79 Å². The SMILES string of the molecule is CCN(CC)CC(C)n1c(=O)[nH]c(Cl)c(C)c1=O. The Hall–Kier alpha value is -1.07. The van der Waals surface area contributed by atoms with Crippen molar-refractivity contribution in [3.05, 3.63) is 31.6 Å². The third kappa shape index (κ3) is 3.03. The summed E-state index contributed by atoms with van der Waals surface area (Å²) in [5.74, 6) is 0. The van der Waals surface area contributed by atoms with Crippen LogP contribution in [0.2, 0.25) is 5.15 Å². The van der Waals surface area contributed by atoms with Crippen molar-refractivity contribution >= 4 is 11.6 Å². The largest absolute Gasteiger partial charge is 0.329 e. The Morgan fingerprint density at radius 1 is 1.33 bits per heavy atom. The first-order chi connectivity index (χ1) is 8.42. The van der Waals surface area contributed by atoms with Gasteiger partial charge in [-0.1, -0.05) is 25.4 Å². The van der Waals surface area contributed by atoms with E-state index in [9.17, 15) is 9.59 Å². The molecule has 0 bridgehead atoms. The predicted octanol–water partition coefficient (Wildman–Crippen LogP) is 1.40. The predicted molar refractivity (Wildman–Crippen MR) is 73.6 cm³/mol. The molecule has 1 rings (SSSR count). The minimum Gasteiger partial charge on any atom is -0.302 e. The summed E-state index contributed by atoms with van der Waals surface area (Å²) < 4.78 is 1.24. The Balaban J connectivity index is 3.14. The number of aromatic nitrogens is 2. The van der Waals surface area contributed by atoms with Crippen molar-refractivity contribution in [3.8, 4) is 0 Å². The molecule has 1 aromatic heterocycles. The summed E-state index contributed by atoms with van der Waals surface area (Å²) in [6, 6.07) is -0.183. The molecule has 102 valence electrons. The van der Waals surface area contributed by atoms with Crippen LogP contribution in [0.5, 0.6) is 0 Å². The maximum absolute atomic E-state index is 12.0. The number of halogens is 1. The van der Waals surface area contributed by atoms with Crippen LogP contribution in [0.4, 0.5) is 0 Å². The lowest BCUT2D eigenvalue weighted by molar-refractivity contribution is 0.255. The molecule has 0 radical (unpaired) electrons. The van der Waals surface area contributed by atoms with E-state index in [0.29, 0.717) is 12.1 Å². The van der Waals surface area contributed by atoms with Crippen LogP contribution in [0, 0.1) is 6.92 Å². The number of rotatable bonds is 5. The normalized spacial score (nSPS) is 13.0. The van der Waals surface area contributed by atoms with Crippen LogP contribution in [0.3, 0.4) is 0 Å². The van der Waals surface area contributed by atoms with E-state index in [1.807, 2.05) is 6.92 Å². The topological polar surface area (TPSA) is 58.1 Å². The number of likely N-dealkylation sites (N-methyl/N-ethyl adjacent to an activating group) is 1. The molecule has 0 saturated carbocycles. The van der Waals surface area contributed by atoms with Gasteiger partial charge >= 0.3 is 5.69 Å².